The van der Waals surface area contributed by atoms with E-state index in [2.05, 4.69) is 44.3 Å². The van der Waals surface area contributed by atoms with Gasteiger partial charge in [-0.2, -0.15) is 9.61 Å². The van der Waals surface area contributed by atoms with E-state index >= 15 is 0 Å². The number of aromatic nitrogens is 3. The first-order chi connectivity index (χ1) is 16.6. The number of nitrogens with one attached hydrogen (secondary N) is 3. The van der Waals surface area contributed by atoms with Crippen molar-refractivity contribution in [2.75, 3.05) is 38.4 Å². The summed E-state index contributed by atoms with van der Waals surface area (Å²) in [5.74, 6) is 1.25. The molecular formula is C24H33N7O3. The molecule has 0 saturated heterocycles. The molecule has 0 aromatic carbocycles. The number of nitrogens with zero attached hydrogens (tertiary/aromatic N) is 4. The molecule has 34 heavy (non-hydrogen) atoms. The van der Waals surface area contributed by atoms with Crippen molar-refractivity contribution in [3.05, 3.63) is 41.9 Å². The van der Waals surface area contributed by atoms with Crippen molar-refractivity contribution in [2.24, 2.45) is 0 Å². The zero-order valence-corrected chi connectivity index (χ0v) is 20.0. The van der Waals surface area contributed by atoms with Gasteiger partial charge in [-0.25, -0.2) is 4.98 Å². The number of carbonyl (C=O) groups excluding carboxylic acids is 1. The molecule has 1 unspecified atom stereocenters. The van der Waals surface area contributed by atoms with E-state index < -0.39 is 0 Å². The maximum atomic E-state index is 13.1. The number of methoxy groups -OCH3 is 2. The second-order valence-electron chi connectivity index (χ2n) is 9.23. The van der Waals surface area contributed by atoms with Crippen LogP contribution in [-0.4, -0.2) is 77.5 Å². The van der Waals surface area contributed by atoms with E-state index in [-0.39, 0.29) is 18.1 Å². The maximum absolute atomic E-state index is 13.1. The van der Waals surface area contributed by atoms with Crippen molar-refractivity contribution in [1.82, 2.24) is 24.8 Å². The van der Waals surface area contributed by atoms with E-state index in [0.717, 1.165) is 50.2 Å². The molecule has 2 atom stereocenters. The van der Waals surface area contributed by atoms with Gasteiger partial charge in [0.15, 0.2) is 5.65 Å². The molecule has 3 N–H and O–H groups in total. The molecule has 0 bridgehead atoms. The fourth-order valence-electron chi connectivity index (χ4n) is 4.98. The number of anilines is 2. The number of carbonyl (C=O) groups is 1. The topological polar surface area (TPSA) is 105 Å². The van der Waals surface area contributed by atoms with Gasteiger partial charge in [0.25, 0.3) is 5.91 Å². The van der Waals surface area contributed by atoms with Crippen LogP contribution in [0.3, 0.4) is 0 Å². The van der Waals surface area contributed by atoms with Crippen LogP contribution < -0.4 is 16.0 Å². The molecule has 2 aromatic rings. The predicted octanol–water partition coefficient (Wildman–Crippen LogP) is 2.37. The molecule has 2 aromatic heterocycles. The fourth-order valence-corrected chi connectivity index (χ4v) is 4.98. The normalized spacial score (nSPS) is 26.3. The smallest absolute Gasteiger partial charge is 0.256 e. The Balaban J connectivity index is 1.32. The first kappa shape index (κ1) is 22.7. The highest BCUT2D eigenvalue weighted by molar-refractivity contribution is 6.00. The van der Waals surface area contributed by atoms with Crippen LogP contribution in [0, 0.1) is 0 Å². The van der Waals surface area contributed by atoms with E-state index in [0.29, 0.717) is 29.2 Å². The molecule has 0 radical (unpaired) electrons. The third-order valence-corrected chi connectivity index (χ3v) is 7.11. The first-order valence-electron chi connectivity index (χ1n) is 11.9. The highest BCUT2D eigenvalue weighted by Gasteiger charge is 2.33. The Morgan fingerprint density at radius 3 is 2.71 bits per heavy atom. The Morgan fingerprint density at radius 2 is 1.97 bits per heavy atom. The fraction of sp³-hybridized carbons (Fsp3) is 0.542. The standard InChI is InChI=1S/C24H33N7O3/c1-25-22-12-21(27-16-5-4-8-30(14-16)17-10-19(11-17)34-3)29-23-20(13-26-31(22)23)24(32)28-15-6-7-18(9-15)33-2/h4-5,8,12-13,15,17-19,25H,6-7,9-11,14H2,1-3H3,(H,27,29)(H,28,32)/t15?,17-,18-,19-/m0/s1. The van der Waals surface area contributed by atoms with Crippen LogP contribution >= 0.6 is 0 Å². The summed E-state index contributed by atoms with van der Waals surface area (Å²) in [5, 5.41) is 14.1. The second kappa shape index (κ2) is 9.63. The Morgan fingerprint density at radius 1 is 1.15 bits per heavy atom. The lowest BCUT2D eigenvalue weighted by Gasteiger charge is -2.42. The van der Waals surface area contributed by atoms with Gasteiger partial charge in [-0.3, -0.25) is 4.79 Å². The second-order valence-corrected chi connectivity index (χ2v) is 9.23. The van der Waals surface area contributed by atoms with Gasteiger partial charge in [-0.1, -0.05) is 0 Å². The lowest BCUT2D eigenvalue weighted by atomic mass is 9.87. The van der Waals surface area contributed by atoms with Gasteiger partial charge in [0.05, 0.1) is 24.9 Å². The Bertz CT molecular complexity index is 1110. The van der Waals surface area contributed by atoms with Crippen LogP contribution in [0.4, 0.5) is 11.6 Å². The van der Waals surface area contributed by atoms with E-state index in [9.17, 15) is 4.79 Å². The molecule has 10 nitrogen and oxygen atoms in total. The number of hydrogen-bond acceptors (Lipinski definition) is 8. The minimum absolute atomic E-state index is 0.104. The molecule has 2 fully saturated rings. The predicted molar refractivity (Wildman–Crippen MR) is 130 cm³/mol. The van der Waals surface area contributed by atoms with Crippen molar-refractivity contribution in [1.29, 1.82) is 0 Å². The Hall–Kier alpha value is -3.11. The van der Waals surface area contributed by atoms with Gasteiger partial charge >= 0.3 is 0 Å². The Kier molecular flexibility index (Phi) is 6.42. The SMILES string of the molecule is CNc1cc(NC2=CC=CN([C@H]3C[C@H](OC)C3)C2)nc2c(C(=O)NC3CC[C@H](OC)C3)cnn12. The van der Waals surface area contributed by atoms with Gasteiger partial charge in [0.1, 0.15) is 17.2 Å². The number of hydrogen-bond donors (Lipinski definition) is 3. The summed E-state index contributed by atoms with van der Waals surface area (Å²) in [6.07, 6.45) is 13.2. The van der Waals surface area contributed by atoms with E-state index in [1.807, 2.05) is 13.1 Å². The zero-order chi connectivity index (χ0) is 23.7. The molecule has 1 amide bonds. The van der Waals surface area contributed by atoms with Gasteiger partial charge < -0.3 is 30.3 Å². The third-order valence-electron chi connectivity index (χ3n) is 7.11. The highest BCUT2D eigenvalue weighted by Crippen LogP contribution is 2.30. The van der Waals surface area contributed by atoms with E-state index in [1.165, 1.54) is 0 Å². The molecule has 5 rings (SSSR count). The molecule has 0 spiro atoms. The van der Waals surface area contributed by atoms with Crippen molar-refractivity contribution in [3.63, 3.8) is 0 Å². The molecule has 10 heteroatoms. The number of fused-ring (bicyclic) bond motifs is 1. The largest absolute Gasteiger partial charge is 0.381 e. The summed E-state index contributed by atoms with van der Waals surface area (Å²) < 4.78 is 12.5. The number of allylic oxidation sites excluding steroid dienone is 2. The van der Waals surface area contributed by atoms with Crippen LogP contribution in [0.15, 0.2) is 36.3 Å². The van der Waals surface area contributed by atoms with Crippen molar-refractivity contribution in [3.8, 4) is 0 Å². The molecule has 1 aliphatic heterocycles. The van der Waals surface area contributed by atoms with Gasteiger partial charge in [0.2, 0.25) is 0 Å². The van der Waals surface area contributed by atoms with Crippen LogP contribution in [0.2, 0.25) is 0 Å². The molecular weight excluding hydrogens is 434 g/mol. The van der Waals surface area contributed by atoms with Crippen LogP contribution in [0.5, 0.6) is 0 Å². The van der Waals surface area contributed by atoms with Crippen LogP contribution in [0.1, 0.15) is 42.5 Å². The average molecular weight is 468 g/mol. The molecule has 2 saturated carbocycles. The third kappa shape index (κ3) is 4.47. The number of ether oxygens (including phenoxy) is 2. The van der Waals surface area contributed by atoms with Crippen LogP contribution in [-0.2, 0) is 9.47 Å². The summed E-state index contributed by atoms with van der Waals surface area (Å²) in [5.41, 5.74) is 2.02. The molecule has 2 aliphatic carbocycles. The molecule has 3 heterocycles. The van der Waals surface area contributed by atoms with E-state index in [4.69, 9.17) is 14.5 Å². The Labute approximate surface area is 199 Å². The number of amides is 1. The lowest BCUT2D eigenvalue weighted by Crippen LogP contribution is -2.47. The van der Waals surface area contributed by atoms with E-state index in [1.54, 1.807) is 24.9 Å². The molecule has 3 aliphatic rings. The lowest BCUT2D eigenvalue weighted by molar-refractivity contribution is -0.0114. The summed E-state index contributed by atoms with van der Waals surface area (Å²) >= 11 is 0. The van der Waals surface area contributed by atoms with Gasteiger partial charge in [0, 0.05) is 45.1 Å². The quantitative estimate of drug-likeness (QED) is 0.544. The highest BCUT2D eigenvalue weighted by atomic mass is 16.5. The summed E-state index contributed by atoms with van der Waals surface area (Å²) in [7, 11) is 5.32. The van der Waals surface area contributed by atoms with Crippen molar-refractivity contribution >= 4 is 23.2 Å². The summed E-state index contributed by atoms with van der Waals surface area (Å²) in [4.78, 5) is 20.1. The average Bonchev–Trinajstić information content (AvgIpc) is 3.45. The first-order valence-corrected chi connectivity index (χ1v) is 11.9. The minimum atomic E-state index is -0.160. The van der Waals surface area contributed by atoms with Gasteiger partial charge in [-0.05, 0) is 50.5 Å². The minimum Gasteiger partial charge on any atom is -0.381 e. The number of rotatable bonds is 8. The maximum Gasteiger partial charge on any atom is 0.256 e. The molecule has 182 valence electrons. The van der Waals surface area contributed by atoms with Crippen molar-refractivity contribution in [2.45, 2.75) is 56.4 Å². The van der Waals surface area contributed by atoms with Crippen molar-refractivity contribution < 1.29 is 14.3 Å². The zero-order valence-electron chi connectivity index (χ0n) is 20.0. The summed E-state index contributed by atoms with van der Waals surface area (Å²) in [6, 6.07) is 2.50. The van der Waals surface area contributed by atoms with Gasteiger partial charge in [-0.15, -0.1) is 0 Å². The van der Waals surface area contributed by atoms with Crippen LogP contribution in [0.25, 0.3) is 5.65 Å². The summed E-state index contributed by atoms with van der Waals surface area (Å²) in [6.45, 7) is 0.772. The monoisotopic (exact) mass is 467 g/mol.